The van der Waals surface area contributed by atoms with E-state index in [9.17, 15) is 9.59 Å². The maximum atomic E-state index is 12.4. The monoisotopic (exact) mass is 318 g/mol. The highest BCUT2D eigenvalue weighted by Gasteiger charge is 2.37. The average Bonchev–Trinajstić information content (AvgIpc) is 2.94. The lowest BCUT2D eigenvalue weighted by molar-refractivity contribution is -0.143. The molecular formula is C16H15ClN2O3. The van der Waals surface area contributed by atoms with Crippen molar-refractivity contribution in [3.05, 3.63) is 53.9 Å². The quantitative estimate of drug-likeness (QED) is 0.631. The number of nitrogens with zero attached hydrogens (tertiary/aromatic N) is 2. The fraction of sp³-hybridized carbons (Fsp3) is 0.250. The average molecular weight is 319 g/mol. The van der Waals surface area contributed by atoms with Crippen LogP contribution in [0.3, 0.4) is 0 Å². The third-order valence-corrected chi connectivity index (χ3v) is 4.03. The smallest absolute Gasteiger partial charge is 0.335 e. The van der Waals surface area contributed by atoms with E-state index < -0.39 is 12.0 Å². The minimum Gasteiger partial charge on any atom is -0.467 e. The molecule has 0 saturated carbocycles. The number of carbonyl (C=O) groups is 2. The molecule has 1 aromatic carbocycles. The first kappa shape index (κ1) is 14.7. The van der Waals surface area contributed by atoms with Gasteiger partial charge in [-0.05, 0) is 23.8 Å². The second-order valence-electron chi connectivity index (χ2n) is 5.01. The lowest BCUT2D eigenvalue weighted by atomic mass is 10.1. The van der Waals surface area contributed by atoms with E-state index in [2.05, 4.69) is 0 Å². The van der Waals surface area contributed by atoms with Crippen LogP contribution >= 0.6 is 11.6 Å². The molecule has 1 aliphatic rings. The van der Waals surface area contributed by atoms with E-state index in [1.165, 1.54) is 12.0 Å². The molecule has 6 heteroatoms. The number of ether oxygens (including phenoxy) is 1. The first-order valence-electron chi connectivity index (χ1n) is 6.86. The Balaban J connectivity index is 2.25. The summed E-state index contributed by atoms with van der Waals surface area (Å²) in [7, 11) is 1.32. The van der Waals surface area contributed by atoms with Gasteiger partial charge in [0.25, 0.3) is 0 Å². The molecule has 2 heterocycles. The van der Waals surface area contributed by atoms with Crippen molar-refractivity contribution in [3.8, 4) is 0 Å². The second kappa shape index (κ2) is 5.85. The van der Waals surface area contributed by atoms with Crippen LogP contribution in [0.5, 0.6) is 0 Å². The normalized spacial score (nSPS) is 16.5. The number of hydrogen-bond acceptors (Lipinski definition) is 3. The Hall–Kier alpha value is -2.27. The second-order valence-corrected chi connectivity index (χ2v) is 5.28. The van der Waals surface area contributed by atoms with Crippen LogP contribution in [0, 0.1) is 0 Å². The fourth-order valence-electron chi connectivity index (χ4n) is 2.83. The summed E-state index contributed by atoms with van der Waals surface area (Å²) in [5.41, 5.74) is 2.35. The molecule has 22 heavy (non-hydrogen) atoms. The van der Waals surface area contributed by atoms with Crippen molar-refractivity contribution in [2.45, 2.75) is 12.6 Å². The molecule has 2 aromatic rings. The summed E-state index contributed by atoms with van der Waals surface area (Å²) >= 11 is 5.77. The van der Waals surface area contributed by atoms with Gasteiger partial charge in [-0.1, -0.05) is 18.2 Å². The van der Waals surface area contributed by atoms with Crippen LogP contribution in [0.4, 0.5) is 5.69 Å². The summed E-state index contributed by atoms with van der Waals surface area (Å²) in [4.78, 5) is 26.2. The highest BCUT2D eigenvalue weighted by molar-refractivity contribution is 6.29. The summed E-state index contributed by atoms with van der Waals surface area (Å²) < 4.78 is 6.87. The molecule has 1 atom stereocenters. The lowest BCUT2D eigenvalue weighted by Crippen LogP contribution is -2.40. The first-order chi connectivity index (χ1) is 10.7. The van der Waals surface area contributed by atoms with Gasteiger partial charge in [-0.2, -0.15) is 0 Å². The van der Waals surface area contributed by atoms with E-state index in [0.29, 0.717) is 17.9 Å². The van der Waals surface area contributed by atoms with Crippen LogP contribution in [-0.2, 0) is 20.9 Å². The molecule has 5 nitrogen and oxygen atoms in total. The summed E-state index contributed by atoms with van der Waals surface area (Å²) in [6.07, 6.45) is 1.89. The van der Waals surface area contributed by atoms with Gasteiger partial charge >= 0.3 is 5.97 Å². The van der Waals surface area contributed by atoms with E-state index >= 15 is 0 Å². The number of anilines is 1. The maximum absolute atomic E-state index is 12.4. The van der Waals surface area contributed by atoms with Crippen molar-refractivity contribution in [2.75, 3.05) is 17.9 Å². The van der Waals surface area contributed by atoms with Gasteiger partial charge in [-0.25, -0.2) is 4.79 Å². The van der Waals surface area contributed by atoms with Crippen LogP contribution in [0.25, 0.3) is 0 Å². The molecule has 1 amide bonds. The van der Waals surface area contributed by atoms with Crippen molar-refractivity contribution >= 4 is 29.2 Å². The zero-order valence-electron chi connectivity index (χ0n) is 12.0. The van der Waals surface area contributed by atoms with Gasteiger partial charge in [0, 0.05) is 12.7 Å². The number of fused-ring (bicyclic) bond motifs is 2. The Morgan fingerprint density at radius 3 is 2.77 bits per heavy atom. The molecule has 0 radical (unpaired) electrons. The van der Waals surface area contributed by atoms with Gasteiger partial charge in [-0.3, -0.25) is 9.69 Å². The van der Waals surface area contributed by atoms with Crippen LogP contribution < -0.4 is 4.90 Å². The van der Waals surface area contributed by atoms with Crippen molar-refractivity contribution in [2.24, 2.45) is 0 Å². The molecule has 1 unspecified atom stereocenters. The van der Waals surface area contributed by atoms with Crippen LogP contribution in [0.2, 0.25) is 0 Å². The highest BCUT2D eigenvalue weighted by atomic mass is 35.5. The summed E-state index contributed by atoms with van der Waals surface area (Å²) in [5, 5.41) is 0. The fourth-order valence-corrected chi connectivity index (χ4v) is 2.96. The van der Waals surface area contributed by atoms with Gasteiger partial charge in [0.15, 0.2) is 6.04 Å². The summed E-state index contributed by atoms with van der Waals surface area (Å²) in [6, 6.07) is 10.3. The molecule has 0 N–H and O–H groups in total. The molecule has 0 aliphatic carbocycles. The van der Waals surface area contributed by atoms with E-state index in [4.69, 9.17) is 16.3 Å². The van der Waals surface area contributed by atoms with Gasteiger partial charge in [0.1, 0.15) is 5.88 Å². The highest BCUT2D eigenvalue weighted by Crippen LogP contribution is 2.35. The van der Waals surface area contributed by atoms with Crippen molar-refractivity contribution in [1.29, 1.82) is 0 Å². The molecule has 1 aromatic heterocycles. The van der Waals surface area contributed by atoms with E-state index in [-0.39, 0.29) is 11.8 Å². The number of esters is 1. The topological polar surface area (TPSA) is 51.5 Å². The molecule has 0 bridgehead atoms. The third-order valence-electron chi connectivity index (χ3n) is 3.80. The number of benzene rings is 1. The number of rotatable bonds is 2. The van der Waals surface area contributed by atoms with Crippen LogP contribution in [0.1, 0.15) is 17.3 Å². The SMILES string of the molecule is COC(=O)C1c2cccn2Cc2ccccc2N1C(=O)CCl. The Morgan fingerprint density at radius 2 is 2.05 bits per heavy atom. The minimum absolute atomic E-state index is 0.206. The lowest BCUT2D eigenvalue weighted by Gasteiger charge is -2.28. The van der Waals surface area contributed by atoms with Crippen molar-refractivity contribution in [3.63, 3.8) is 0 Å². The number of hydrogen-bond donors (Lipinski definition) is 0. The number of halogens is 1. The Morgan fingerprint density at radius 1 is 1.27 bits per heavy atom. The van der Waals surface area contributed by atoms with Crippen LogP contribution in [0.15, 0.2) is 42.6 Å². The third kappa shape index (κ3) is 2.27. The summed E-state index contributed by atoms with van der Waals surface area (Å²) in [5.74, 6) is -1.03. The molecule has 114 valence electrons. The van der Waals surface area contributed by atoms with E-state index in [1.807, 2.05) is 47.2 Å². The summed E-state index contributed by atoms with van der Waals surface area (Å²) in [6.45, 7) is 0.581. The number of aromatic nitrogens is 1. The Labute approximate surface area is 133 Å². The Kier molecular flexibility index (Phi) is 3.90. The molecule has 0 saturated heterocycles. The zero-order chi connectivity index (χ0) is 15.7. The molecule has 3 rings (SSSR count). The molecular weight excluding hydrogens is 304 g/mol. The minimum atomic E-state index is -0.838. The molecule has 0 fully saturated rings. The molecule has 0 spiro atoms. The van der Waals surface area contributed by atoms with Crippen molar-refractivity contribution < 1.29 is 14.3 Å². The number of para-hydroxylation sites is 1. The van der Waals surface area contributed by atoms with Gasteiger partial charge < -0.3 is 9.30 Å². The van der Waals surface area contributed by atoms with Gasteiger partial charge in [-0.15, -0.1) is 11.6 Å². The number of amides is 1. The predicted molar refractivity (Wildman–Crippen MR) is 82.9 cm³/mol. The predicted octanol–water partition coefficient (Wildman–Crippen LogP) is 2.34. The Bertz CT molecular complexity index is 726. The van der Waals surface area contributed by atoms with Crippen LogP contribution in [-0.4, -0.2) is 29.4 Å². The largest absolute Gasteiger partial charge is 0.467 e. The van der Waals surface area contributed by atoms with Gasteiger partial charge in [0.05, 0.1) is 18.5 Å². The first-order valence-corrected chi connectivity index (χ1v) is 7.39. The zero-order valence-corrected chi connectivity index (χ0v) is 12.8. The number of carbonyl (C=O) groups excluding carboxylic acids is 2. The van der Waals surface area contributed by atoms with Gasteiger partial charge in [0.2, 0.25) is 5.91 Å². The molecule has 1 aliphatic heterocycles. The number of methoxy groups -OCH3 is 1. The maximum Gasteiger partial charge on any atom is 0.335 e. The van der Waals surface area contributed by atoms with E-state index in [0.717, 1.165) is 5.56 Å². The van der Waals surface area contributed by atoms with E-state index in [1.54, 1.807) is 0 Å². The number of alkyl halides is 1. The van der Waals surface area contributed by atoms with Crippen molar-refractivity contribution in [1.82, 2.24) is 4.57 Å². The standard InChI is InChI=1S/C16H15ClN2O3/c1-22-16(21)15-13-7-4-8-18(13)10-11-5-2-3-6-12(11)19(15)14(20)9-17/h2-8,15H,9-10H2,1H3.